The average Bonchev–Trinajstić information content (AvgIpc) is 2.33. The number of hydrogen-bond acceptors (Lipinski definition) is 2. The van der Waals surface area contributed by atoms with E-state index < -0.39 is 11.7 Å². The van der Waals surface area contributed by atoms with Crippen LogP contribution in [0.25, 0.3) is 0 Å². The molecule has 19 heavy (non-hydrogen) atoms. The summed E-state index contributed by atoms with van der Waals surface area (Å²) in [5.41, 5.74) is 0.487. The van der Waals surface area contributed by atoms with E-state index in [9.17, 15) is 9.18 Å². The maximum absolute atomic E-state index is 13.0. The second-order valence-electron chi connectivity index (χ2n) is 3.59. The smallest absolute Gasteiger partial charge is 0.257 e. The van der Waals surface area contributed by atoms with Crippen molar-refractivity contribution in [2.24, 2.45) is 0 Å². The van der Waals surface area contributed by atoms with Crippen molar-refractivity contribution < 1.29 is 9.18 Å². The molecule has 2 aromatic rings. The molecule has 7 heteroatoms. The van der Waals surface area contributed by atoms with Crippen LogP contribution >= 0.6 is 39.1 Å². The molecular weight excluding hydrogens is 358 g/mol. The fraction of sp³-hybridized carbons (Fsp3) is 0. The third-order valence-electron chi connectivity index (χ3n) is 2.21. The lowest BCUT2D eigenvalue weighted by Gasteiger charge is -2.09. The van der Waals surface area contributed by atoms with Gasteiger partial charge in [-0.15, -0.1) is 0 Å². The molecule has 1 N–H and O–H groups in total. The first-order chi connectivity index (χ1) is 8.97. The molecule has 0 aliphatic carbocycles. The first kappa shape index (κ1) is 14.2. The summed E-state index contributed by atoms with van der Waals surface area (Å²) in [5.74, 6) is -1.01. The number of pyridine rings is 1. The van der Waals surface area contributed by atoms with E-state index in [0.717, 1.165) is 12.1 Å². The van der Waals surface area contributed by atoms with E-state index >= 15 is 0 Å². The standard InChI is InChI=1S/C12H6BrCl2FN2O/c13-7-1-6(4-17-5-7)12(19)18-11-9(14)2-8(16)3-10(11)15/h1-5H,(H,18,19). The minimum absolute atomic E-state index is 0.0290. The molecule has 98 valence electrons. The van der Waals surface area contributed by atoms with E-state index in [2.05, 4.69) is 26.2 Å². The number of carbonyl (C=O) groups is 1. The molecule has 0 radical (unpaired) electrons. The van der Waals surface area contributed by atoms with Gasteiger partial charge in [0.05, 0.1) is 21.3 Å². The maximum Gasteiger partial charge on any atom is 0.257 e. The van der Waals surface area contributed by atoms with Gasteiger partial charge in [0.25, 0.3) is 5.91 Å². The molecule has 1 aromatic heterocycles. The summed E-state index contributed by atoms with van der Waals surface area (Å²) in [6, 6.07) is 3.73. The minimum Gasteiger partial charge on any atom is -0.319 e. The van der Waals surface area contributed by atoms with Gasteiger partial charge in [0.2, 0.25) is 0 Å². The highest BCUT2D eigenvalue weighted by molar-refractivity contribution is 9.10. The van der Waals surface area contributed by atoms with Gasteiger partial charge in [-0.25, -0.2) is 4.39 Å². The van der Waals surface area contributed by atoms with E-state index in [0.29, 0.717) is 10.0 Å². The fourth-order valence-electron chi connectivity index (χ4n) is 1.38. The number of amides is 1. The van der Waals surface area contributed by atoms with Crippen LogP contribution < -0.4 is 5.32 Å². The van der Waals surface area contributed by atoms with Crippen LogP contribution in [-0.2, 0) is 0 Å². The Hall–Kier alpha value is -1.17. The minimum atomic E-state index is -0.572. The molecule has 3 nitrogen and oxygen atoms in total. The van der Waals surface area contributed by atoms with Crippen molar-refractivity contribution in [3.63, 3.8) is 0 Å². The molecule has 1 amide bonds. The topological polar surface area (TPSA) is 42.0 Å². The quantitative estimate of drug-likeness (QED) is 0.850. The molecule has 1 aromatic carbocycles. The van der Waals surface area contributed by atoms with Gasteiger partial charge in [-0.3, -0.25) is 9.78 Å². The molecule has 1 heterocycles. The van der Waals surface area contributed by atoms with Crippen LogP contribution in [0.3, 0.4) is 0 Å². The summed E-state index contributed by atoms with van der Waals surface area (Å²) in [6.45, 7) is 0. The van der Waals surface area contributed by atoms with E-state index in [-0.39, 0.29) is 15.7 Å². The molecule has 0 saturated heterocycles. The van der Waals surface area contributed by atoms with Gasteiger partial charge in [-0.2, -0.15) is 0 Å². The van der Waals surface area contributed by atoms with Crippen LogP contribution in [-0.4, -0.2) is 10.9 Å². The second-order valence-corrected chi connectivity index (χ2v) is 5.32. The van der Waals surface area contributed by atoms with Crippen molar-refractivity contribution in [1.82, 2.24) is 4.98 Å². The Bertz CT molecular complexity index is 628. The molecule has 0 bridgehead atoms. The van der Waals surface area contributed by atoms with Crippen LogP contribution in [0.4, 0.5) is 10.1 Å². The van der Waals surface area contributed by atoms with Crippen molar-refractivity contribution in [2.45, 2.75) is 0 Å². The zero-order valence-electron chi connectivity index (χ0n) is 9.25. The lowest BCUT2D eigenvalue weighted by molar-refractivity contribution is 0.102. The molecule has 0 fully saturated rings. The van der Waals surface area contributed by atoms with Crippen molar-refractivity contribution in [3.05, 3.63) is 56.5 Å². The number of halogens is 4. The highest BCUT2D eigenvalue weighted by Gasteiger charge is 2.13. The molecule has 0 saturated carbocycles. The average molecular weight is 364 g/mol. The van der Waals surface area contributed by atoms with Crippen LogP contribution in [0.2, 0.25) is 10.0 Å². The largest absolute Gasteiger partial charge is 0.319 e. The lowest BCUT2D eigenvalue weighted by Crippen LogP contribution is -2.13. The zero-order valence-corrected chi connectivity index (χ0v) is 12.4. The van der Waals surface area contributed by atoms with Gasteiger partial charge in [0.1, 0.15) is 5.82 Å². The lowest BCUT2D eigenvalue weighted by atomic mass is 10.2. The van der Waals surface area contributed by atoms with Crippen LogP contribution in [0.15, 0.2) is 35.1 Å². The SMILES string of the molecule is O=C(Nc1c(Cl)cc(F)cc1Cl)c1cncc(Br)c1. The van der Waals surface area contributed by atoms with Crippen molar-refractivity contribution >= 4 is 50.7 Å². The summed E-state index contributed by atoms with van der Waals surface area (Å²) in [7, 11) is 0. The molecule has 0 atom stereocenters. The summed E-state index contributed by atoms with van der Waals surface area (Å²) in [4.78, 5) is 15.8. The molecular formula is C12H6BrCl2FN2O. The number of rotatable bonds is 2. The predicted octanol–water partition coefficient (Wildman–Crippen LogP) is 4.54. The third kappa shape index (κ3) is 3.43. The number of hydrogen-bond donors (Lipinski definition) is 1. The Morgan fingerprint density at radius 1 is 1.21 bits per heavy atom. The monoisotopic (exact) mass is 362 g/mol. The molecule has 0 spiro atoms. The van der Waals surface area contributed by atoms with E-state index in [1.54, 1.807) is 12.3 Å². The van der Waals surface area contributed by atoms with Crippen LogP contribution in [0.1, 0.15) is 10.4 Å². The number of nitrogens with zero attached hydrogens (tertiary/aromatic N) is 1. The van der Waals surface area contributed by atoms with E-state index in [1.165, 1.54) is 6.20 Å². The summed E-state index contributed by atoms with van der Waals surface area (Å²) < 4.78 is 13.7. The number of benzene rings is 1. The fourth-order valence-corrected chi connectivity index (χ4v) is 2.30. The first-order valence-corrected chi connectivity index (χ1v) is 6.58. The maximum atomic E-state index is 13.0. The third-order valence-corrected chi connectivity index (χ3v) is 3.24. The highest BCUT2D eigenvalue weighted by Crippen LogP contribution is 2.31. The molecule has 0 aliphatic rings. The number of aromatic nitrogens is 1. The Kier molecular flexibility index (Phi) is 4.39. The predicted molar refractivity (Wildman–Crippen MR) is 76.3 cm³/mol. The zero-order chi connectivity index (χ0) is 14.0. The van der Waals surface area contributed by atoms with Crippen LogP contribution in [0, 0.1) is 5.82 Å². The van der Waals surface area contributed by atoms with Gasteiger partial charge >= 0.3 is 0 Å². The van der Waals surface area contributed by atoms with Crippen LogP contribution in [0.5, 0.6) is 0 Å². The number of nitrogens with one attached hydrogen (secondary N) is 1. The number of anilines is 1. The summed E-state index contributed by atoms with van der Waals surface area (Å²) in [6.07, 6.45) is 2.94. The Morgan fingerprint density at radius 2 is 1.84 bits per heavy atom. The summed E-state index contributed by atoms with van der Waals surface area (Å²) in [5, 5.41) is 2.58. The summed E-state index contributed by atoms with van der Waals surface area (Å²) >= 11 is 14.9. The Balaban J connectivity index is 2.29. The van der Waals surface area contributed by atoms with Crippen molar-refractivity contribution in [3.8, 4) is 0 Å². The Morgan fingerprint density at radius 3 is 2.42 bits per heavy atom. The normalized spacial score (nSPS) is 10.3. The van der Waals surface area contributed by atoms with Crippen molar-refractivity contribution in [2.75, 3.05) is 5.32 Å². The Labute approximate surface area is 126 Å². The van der Waals surface area contributed by atoms with Gasteiger partial charge in [-0.1, -0.05) is 23.2 Å². The first-order valence-electron chi connectivity index (χ1n) is 5.04. The molecule has 0 unspecified atom stereocenters. The molecule has 2 rings (SSSR count). The van der Waals surface area contributed by atoms with Crippen molar-refractivity contribution in [1.29, 1.82) is 0 Å². The van der Waals surface area contributed by atoms with Gasteiger partial charge in [-0.05, 0) is 34.1 Å². The van der Waals surface area contributed by atoms with Gasteiger partial charge in [0.15, 0.2) is 0 Å². The second kappa shape index (κ2) is 5.86. The molecule has 0 aliphatic heterocycles. The number of carbonyl (C=O) groups excluding carboxylic acids is 1. The van der Waals surface area contributed by atoms with E-state index in [1.807, 2.05) is 0 Å². The highest BCUT2D eigenvalue weighted by atomic mass is 79.9. The van der Waals surface area contributed by atoms with Gasteiger partial charge < -0.3 is 5.32 Å². The van der Waals surface area contributed by atoms with Gasteiger partial charge in [0, 0.05) is 16.9 Å². The van der Waals surface area contributed by atoms with E-state index in [4.69, 9.17) is 23.2 Å².